The van der Waals surface area contributed by atoms with Crippen LogP contribution < -0.4 is 5.32 Å². The third kappa shape index (κ3) is 4.15. The highest BCUT2D eigenvalue weighted by atomic mass is 32.2. The molecule has 0 aliphatic heterocycles. The van der Waals surface area contributed by atoms with E-state index in [4.69, 9.17) is 0 Å². The molecule has 0 radical (unpaired) electrons. The van der Waals surface area contributed by atoms with Gasteiger partial charge in [0.05, 0.1) is 23.2 Å². The average molecular weight is 382 g/mol. The molecule has 0 aliphatic carbocycles. The third-order valence-electron chi connectivity index (χ3n) is 3.56. The summed E-state index contributed by atoms with van der Waals surface area (Å²) in [6.07, 6.45) is 1.43. The number of amides is 1. The summed E-state index contributed by atoms with van der Waals surface area (Å²) < 4.78 is 3.19. The van der Waals surface area contributed by atoms with Crippen molar-refractivity contribution < 1.29 is 4.79 Å². The molecule has 0 aliphatic rings. The van der Waals surface area contributed by atoms with E-state index in [0.29, 0.717) is 11.0 Å². The van der Waals surface area contributed by atoms with Crippen molar-refractivity contribution in [1.82, 2.24) is 30.0 Å². The maximum absolute atomic E-state index is 12.5. The Hall–Kier alpha value is -3.19. The van der Waals surface area contributed by atoms with Crippen LogP contribution in [0.1, 0.15) is 26.3 Å². The standard InChI is InChI=1S/C17H18N8OS/c1-17(2,3)25-16(21-22-23-25)27-11-14(26)20-15-12(9-18)10-19-24(15)13-7-5-4-6-8-13/h4-8,10H,11H2,1-3H3,(H,20,26). The highest BCUT2D eigenvalue weighted by Crippen LogP contribution is 2.23. The van der Waals surface area contributed by atoms with Crippen LogP contribution >= 0.6 is 11.8 Å². The van der Waals surface area contributed by atoms with Crippen LogP contribution in [-0.4, -0.2) is 41.6 Å². The second-order valence-corrected chi connectivity index (χ2v) is 7.59. The van der Waals surface area contributed by atoms with Gasteiger partial charge in [-0.25, -0.2) is 9.36 Å². The van der Waals surface area contributed by atoms with Gasteiger partial charge in [0.25, 0.3) is 0 Å². The second kappa shape index (κ2) is 7.59. The minimum absolute atomic E-state index is 0.0985. The number of hydrogen-bond donors (Lipinski definition) is 1. The van der Waals surface area contributed by atoms with Crippen molar-refractivity contribution >= 4 is 23.5 Å². The zero-order chi connectivity index (χ0) is 19.4. The molecule has 27 heavy (non-hydrogen) atoms. The normalized spacial score (nSPS) is 11.2. The molecule has 0 unspecified atom stereocenters. The third-order valence-corrected chi connectivity index (χ3v) is 4.48. The highest BCUT2D eigenvalue weighted by Gasteiger charge is 2.21. The molecule has 2 aromatic heterocycles. The minimum Gasteiger partial charge on any atom is -0.309 e. The van der Waals surface area contributed by atoms with E-state index < -0.39 is 0 Å². The van der Waals surface area contributed by atoms with E-state index in [1.165, 1.54) is 22.6 Å². The number of nitrogens with one attached hydrogen (secondary N) is 1. The molecule has 0 spiro atoms. The molecule has 3 aromatic rings. The van der Waals surface area contributed by atoms with Crippen LogP contribution in [0.15, 0.2) is 41.7 Å². The zero-order valence-electron chi connectivity index (χ0n) is 15.1. The topological polar surface area (TPSA) is 114 Å². The Bertz CT molecular complexity index is 981. The second-order valence-electron chi connectivity index (χ2n) is 6.65. The first kappa shape index (κ1) is 18.6. The molecule has 1 N–H and O–H groups in total. The Morgan fingerprint density at radius 1 is 1.30 bits per heavy atom. The van der Waals surface area contributed by atoms with Crippen LogP contribution in [0.2, 0.25) is 0 Å². The molecule has 0 fully saturated rings. The number of rotatable bonds is 5. The van der Waals surface area contributed by atoms with Crippen molar-refractivity contribution in [3.05, 3.63) is 42.1 Å². The fourth-order valence-corrected chi connectivity index (χ4v) is 3.16. The minimum atomic E-state index is -0.289. The predicted molar refractivity (Wildman–Crippen MR) is 100 cm³/mol. The Kier molecular flexibility index (Phi) is 5.23. The lowest BCUT2D eigenvalue weighted by molar-refractivity contribution is -0.113. The summed E-state index contributed by atoms with van der Waals surface area (Å²) in [5, 5.41) is 28.4. The fourth-order valence-electron chi connectivity index (χ4n) is 2.30. The SMILES string of the molecule is CC(C)(C)n1nnnc1SCC(=O)Nc1c(C#N)cnn1-c1ccccc1. The van der Waals surface area contributed by atoms with Crippen molar-refractivity contribution in [3.8, 4) is 11.8 Å². The average Bonchev–Trinajstić information content (AvgIpc) is 3.27. The summed E-state index contributed by atoms with van der Waals surface area (Å²) >= 11 is 1.23. The lowest BCUT2D eigenvalue weighted by Gasteiger charge is -2.19. The van der Waals surface area contributed by atoms with E-state index in [1.54, 1.807) is 4.68 Å². The van der Waals surface area contributed by atoms with E-state index in [9.17, 15) is 10.1 Å². The molecule has 1 aromatic carbocycles. The van der Waals surface area contributed by atoms with Crippen molar-refractivity contribution in [1.29, 1.82) is 5.26 Å². The maximum Gasteiger partial charge on any atom is 0.236 e. The number of tetrazole rings is 1. The number of benzene rings is 1. The highest BCUT2D eigenvalue weighted by molar-refractivity contribution is 7.99. The first-order valence-electron chi connectivity index (χ1n) is 8.15. The van der Waals surface area contributed by atoms with Crippen LogP contribution in [0.3, 0.4) is 0 Å². The molecule has 0 bridgehead atoms. The molecule has 0 atom stereocenters. The number of carbonyl (C=O) groups excluding carboxylic acids is 1. The van der Waals surface area contributed by atoms with Crippen LogP contribution in [0, 0.1) is 11.3 Å². The first-order valence-corrected chi connectivity index (χ1v) is 9.14. The lowest BCUT2D eigenvalue weighted by atomic mass is 10.1. The van der Waals surface area contributed by atoms with Gasteiger partial charge in [-0.1, -0.05) is 30.0 Å². The number of anilines is 1. The van der Waals surface area contributed by atoms with E-state index in [0.717, 1.165) is 5.69 Å². The molecule has 9 nitrogen and oxygen atoms in total. The number of thioether (sulfide) groups is 1. The molecular formula is C17H18N8OS. The van der Waals surface area contributed by atoms with Gasteiger partial charge in [0, 0.05) is 0 Å². The van der Waals surface area contributed by atoms with Crippen molar-refractivity contribution in [2.24, 2.45) is 0 Å². The Balaban J connectivity index is 1.75. The molecular weight excluding hydrogens is 364 g/mol. The van der Waals surface area contributed by atoms with Crippen LogP contribution in [0.4, 0.5) is 5.82 Å². The van der Waals surface area contributed by atoms with Gasteiger partial charge in [-0.2, -0.15) is 10.4 Å². The number of aromatic nitrogens is 6. The molecule has 3 rings (SSSR count). The van der Waals surface area contributed by atoms with Gasteiger partial charge in [-0.15, -0.1) is 5.10 Å². The van der Waals surface area contributed by atoms with Gasteiger partial charge < -0.3 is 5.32 Å². The number of hydrogen-bond acceptors (Lipinski definition) is 7. The number of carbonyl (C=O) groups is 1. The van der Waals surface area contributed by atoms with Crippen molar-refractivity contribution in [2.45, 2.75) is 31.5 Å². The van der Waals surface area contributed by atoms with Crippen LogP contribution in [-0.2, 0) is 10.3 Å². The van der Waals surface area contributed by atoms with Gasteiger partial charge in [-0.3, -0.25) is 4.79 Å². The van der Waals surface area contributed by atoms with Crippen LogP contribution in [0.25, 0.3) is 5.69 Å². The lowest BCUT2D eigenvalue weighted by Crippen LogP contribution is -2.25. The molecule has 2 heterocycles. The summed E-state index contributed by atoms with van der Waals surface area (Å²) in [5.74, 6) is 0.156. The molecule has 0 saturated heterocycles. The quantitative estimate of drug-likeness (QED) is 0.673. The van der Waals surface area contributed by atoms with Crippen molar-refractivity contribution in [2.75, 3.05) is 11.1 Å². The monoisotopic (exact) mass is 382 g/mol. The van der Waals surface area contributed by atoms with Gasteiger partial charge in [0.1, 0.15) is 11.6 Å². The largest absolute Gasteiger partial charge is 0.309 e. The molecule has 10 heteroatoms. The summed E-state index contributed by atoms with van der Waals surface area (Å²) in [4.78, 5) is 12.5. The number of nitriles is 1. The van der Waals surface area contributed by atoms with Gasteiger partial charge in [0.2, 0.25) is 11.1 Å². The Labute approximate surface area is 160 Å². The summed E-state index contributed by atoms with van der Waals surface area (Å²) in [6.45, 7) is 5.93. The van der Waals surface area contributed by atoms with E-state index in [-0.39, 0.29) is 22.8 Å². The Morgan fingerprint density at radius 3 is 2.70 bits per heavy atom. The van der Waals surface area contributed by atoms with E-state index >= 15 is 0 Å². The smallest absolute Gasteiger partial charge is 0.236 e. The summed E-state index contributed by atoms with van der Waals surface area (Å²) in [7, 11) is 0. The van der Waals surface area contributed by atoms with Crippen molar-refractivity contribution in [3.63, 3.8) is 0 Å². The van der Waals surface area contributed by atoms with Gasteiger partial charge >= 0.3 is 0 Å². The van der Waals surface area contributed by atoms with E-state index in [1.807, 2.05) is 57.2 Å². The Morgan fingerprint density at radius 2 is 2.04 bits per heavy atom. The number of nitrogens with zero attached hydrogens (tertiary/aromatic N) is 7. The number of para-hydroxylation sites is 1. The molecule has 0 saturated carbocycles. The summed E-state index contributed by atoms with van der Waals surface area (Å²) in [5.41, 5.74) is 0.748. The molecule has 138 valence electrons. The first-order chi connectivity index (χ1) is 12.9. The van der Waals surface area contributed by atoms with Gasteiger partial charge in [-0.05, 0) is 43.3 Å². The maximum atomic E-state index is 12.5. The zero-order valence-corrected chi connectivity index (χ0v) is 15.9. The summed E-state index contributed by atoms with van der Waals surface area (Å²) in [6, 6.07) is 11.3. The van der Waals surface area contributed by atoms with Gasteiger partial charge in [0.15, 0.2) is 5.82 Å². The predicted octanol–water partition coefficient (Wildman–Crippen LogP) is 2.22. The molecule has 1 amide bonds. The van der Waals surface area contributed by atoms with Crippen LogP contribution in [0.5, 0.6) is 0 Å². The fraction of sp³-hybridized carbons (Fsp3) is 0.294. The van der Waals surface area contributed by atoms with E-state index in [2.05, 4.69) is 25.9 Å².